The second kappa shape index (κ2) is 13.6. The molecule has 0 aliphatic carbocycles. The molecule has 1 unspecified atom stereocenters. The highest BCUT2D eigenvalue weighted by molar-refractivity contribution is 6.00. The van der Waals surface area contributed by atoms with E-state index in [2.05, 4.69) is 34.0 Å². The van der Waals surface area contributed by atoms with Crippen molar-refractivity contribution < 1.29 is 9.63 Å². The van der Waals surface area contributed by atoms with Gasteiger partial charge in [0, 0.05) is 43.9 Å². The van der Waals surface area contributed by atoms with E-state index in [-0.39, 0.29) is 25.2 Å². The Hall–Kier alpha value is -3.00. The lowest BCUT2D eigenvalue weighted by Gasteiger charge is -2.34. The number of carbonyl (C=O) groups excluding carboxylic acids is 1. The fraction of sp³-hybridized carbons (Fsp3) is 0.538. The number of carbonyl (C=O) groups is 1. The van der Waals surface area contributed by atoms with Crippen LogP contribution in [0.15, 0.2) is 47.9 Å². The SMILES string of the molecule is C.CCC(CCN(C)Cc1ccnc(N)c1)C(=O)N1CCC(/C(=N\OC)c2ccccn2)CC1. The fourth-order valence-corrected chi connectivity index (χ4v) is 4.44. The average molecular weight is 469 g/mol. The largest absolute Gasteiger partial charge is 0.399 e. The number of anilines is 1. The van der Waals surface area contributed by atoms with Gasteiger partial charge >= 0.3 is 0 Å². The Bertz CT molecular complexity index is 913. The number of rotatable bonds is 10. The molecule has 1 aliphatic heterocycles. The minimum Gasteiger partial charge on any atom is -0.399 e. The molecule has 2 aromatic rings. The molecule has 2 N–H and O–H groups in total. The van der Waals surface area contributed by atoms with E-state index in [0.717, 1.165) is 68.8 Å². The highest BCUT2D eigenvalue weighted by Crippen LogP contribution is 2.24. The molecule has 8 nitrogen and oxygen atoms in total. The predicted molar refractivity (Wildman–Crippen MR) is 137 cm³/mol. The molecule has 1 atom stereocenters. The molecule has 1 fully saturated rings. The third-order valence-corrected chi connectivity index (χ3v) is 6.31. The number of nitrogens with two attached hydrogens (primary N) is 1. The van der Waals surface area contributed by atoms with Gasteiger partial charge in [-0.05, 0) is 69.1 Å². The summed E-state index contributed by atoms with van der Waals surface area (Å²) in [6.07, 6.45) is 6.92. The monoisotopic (exact) mass is 468 g/mol. The van der Waals surface area contributed by atoms with Crippen molar-refractivity contribution >= 4 is 17.4 Å². The maximum atomic E-state index is 13.2. The van der Waals surface area contributed by atoms with Gasteiger partial charge in [0.25, 0.3) is 0 Å². The zero-order chi connectivity index (χ0) is 23.6. The molecule has 2 aromatic heterocycles. The number of hydrogen-bond donors (Lipinski definition) is 1. The Kier molecular flexibility index (Phi) is 10.9. The molecule has 0 saturated carbocycles. The van der Waals surface area contributed by atoms with E-state index >= 15 is 0 Å². The van der Waals surface area contributed by atoms with Crippen LogP contribution in [0.3, 0.4) is 0 Å². The average Bonchev–Trinajstić information content (AvgIpc) is 2.83. The summed E-state index contributed by atoms with van der Waals surface area (Å²) in [6, 6.07) is 9.68. The molecule has 0 bridgehead atoms. The molecule has 34 heavy (non-hydrogen) atoms. The van der Waals surface area contributed by atoms with E-state index in [4.69, 9.17) is 10.6 Å². The number of aromatic nitrogens is 2. The Balaban J connectivity index is 0.00000408. The Labute approximate surface area is 204 Å². The number of nitrogens with zero attached hydrogens (tertiary/aromatic N) is 5. The fourth-order valence-electron chi connectivity index (χ4n) is 4.44. The van der Waals surface area contributed by atoms with E-state index in [1.807, 2.05) is 35.2 Å². The summed E-state index contributed by atoms with van der Waals surface area (Å²) in [5.41, 5.74) is 8.63. The van der Waals surface area contributed by atoms with Gasteiger partial charge in [-0.3, -0.25) is 9.78 Å². The molecule has 1 amide bonds. The van der Waals surface area contributed by atoms with Crippen LogP contribution in [-0.2, 0) is 16.2 Å². The topological polar surface area (TPSA) is 96.9 Å². The molecular weight excluding hydrogens is 428 g/mol. The van der Waals surface area contributed by atoms with Crippen LogP contribution in [0.2, 0.25) is 0 Å². The summed E-state index contributed by atoms with van der Waals surface area (Å²) >= 11 is 0. The first-order chi connectivity index (χ1) is 16.0. The van der Waals surface area contributed by atoms with E-state index in [1.54, 1.807) is 19.5 Å². The van der Waals surface area contributed by atoms with Crippen molar-refractivity contribution in [3.05, 3.63) is 54.0 Å². The van der Waals surface area contributed by atoms with E-state index in [0.29, 0.717) is 5.82 Å². The molecule has 0 spiro atoms. The van der Waals surface area contributed by atoms with E-state index in [9.17, 15) is 4.79 Å². The smallest absolute Gasteiger partial charge is 0.225 e. The predicted octanol–water partition coefficient (Wildman–Crippen LogP) is 3.83. The van der Waals surface area contributed by atoms with Crippen molar-refractivity contribution in [1.82, 2.24) is 19.8 Å². The Morgan fingerprint density at radius 2 is 2.03 bits per heavy atom. The van der Waals surface area contributed by atoms with Gasteiger partial charge in [0.05, 0.1) is 5.69 Å². The maximum absolute atomic E-state index is 13.2. The molecule has 1 aliphatic rings. The van der Waals surface area contributed by atoms with Gasteiger partial charge in [-0.2, -0.15) is 0 Å². The lowest BCUT2D eigenvalue weighted by Crippen LogP contribution is -2.43. The van der Waals surface area contributed by atoms with Crippen LogP contribution >= 0.6 is 0 Å². The van der Waals surface area contributed by atoms with Gasteiger partial charge in [0.1, 0.15) is 18.6 Å². The van der Waals surface area contributed by atoms with Gasteiger partial charge in [-0.15, -0.1) is 0 Å². The van der Waals surface area contributed by atoms with Gasteiger partial charge < -0.3 is 20.4 Å². The highest BCUT2D eigenvalue weighted by Gasteiger charge is 2.30. The summed E-state index contributed by atoms with van der Waals surface area (Å²) in [5, 5.41) is 4.26. The van der Waals surface area contributed by atoms with Gasteiger partial charge in [-0.25, -0.2) is 4.98 Å². The van der Waals surface area contributed by atoms with E-state index in [1.165, 1.54) is 0 Å². The van der Waals surface area contributed by atoms with Crippen molar-refractivity contribution in [3.63, 3.8) is 0 Å². The van der Waals surface area contributed by atoms with Crippen molar-refractivity contribution in [2.75, 3.05) is 39.5 Å². The van der Waals surface area contributed by atoms with Gasteiger partial charge in [-0.1, -0.05) is 25.6 Å². The van der Waals surface area contributed by atoms with Crippen LogP contribution in [-0.4, -0.2) is 65.2 Å². The zero-order valence-electron chi connectivity index (χ0n) is 20.0. The Morgan fingerprint density at radius 3 is 2.65 bits per heavy atom. The molecule has 1 saturated heterocycles. The van der Waals surface area contributed by atoms with Crippen molar-refractivity contribution in [2.24, 2.45) is 17.0 Å². The number of amides is 1. The summed E-state index contributed by atoms with van der Waals surface area (Å²) in [5.74, 6) is 1.07. The third-order valence-electron chi connectivity index (χ3n) is 6.31. The number of nitrogen functional groups attached to an aromatic ring is 1. The third kappa shape index (κ3) is 7.52. The lowest BCUT2D eigenvalue weighted by molar-refractivity contribution is -0.137. The van der Waals surface area contributed by atoms with Gasteiger partial charge in [0.2, 0.25) is 5.91 Å². The molecule has 3 rings (SSSR count). The summed E-state index contributed by atoms with van der Waals surface area (Å²) in [4.78, 5) is 31.1. The minimum absolute atomic E-state index is 0. The summed E-state index contributed by atoms with van der Waals surface area (Å²) < 4.78 is 0. The van der Waals surface area contributed by atoms with E-state index < -0.39 is 0 Å². The molecule has 186 valence electrons. The first kappa shape index (κ1) is 27.2. The molecule has 8 heteroatoms. The molecule has 0 radical (unpaired) electrons. The maximum Gasteiger partial charge on any atom is 0.225 e. The normalized spacial score (nSPS) is 15.6. The van der Waals surface area contributed by atoms with Crippen molar-refractivity contribution in [2.45, 2.75) is 46.6 Å². The second-order valence-corrected chi connectivity index (χ2v) is 8.69. The van der Waals surface area contributed by atoms with Crippen LogP contribution in [0, 0.1) is 11.8 Å². The zero-order valence-corrected chi connectivity index (χ0v) is 20.0. The van der Waals surface area contributed by atoms with Gasteiger partial charge in [0.15, 0.2) is 0 Å². The van der Waals surface area contributed by atoms with Crippen molar-refractivity contribution in [1.29, 1.82) is 0 Å². The molecule has 0 aromatic carbocycles. The second-order valence-electron chi connectivity index (χ2n) is 8.69. The van der Waals surface area contributed by atoms with Crippen LogP contribution < -0.4 is 5.73 Å². The van der Waals surface area contributed by atoms with Crippen LogP contribution in [0.25, 0.3) is 0 Å². The number of likely N-dealkylation sites (tertiary alicyclic amines) is 1. The van der Waals surface area contributed by atoms with Crippen LogP contribution in [0.1, 0.15) is 51.3 Å². The summed E-state index contributed by atoms with van der Waals surface area (Å²) in [7, 11) is 3.64. The molecular formula is C26H40N6O2. The van der Waals surface area contributed by atoms with Crippen LogP contribution in [0.5, 0.6) is 0 Å². The standard InChI is InChI=1S/C25H36N6O2.CH4/c1-4-20(9-14-30(2)18-19-8-13-28-23(26)17-19)25(32)31-15-10-21(11-16-31)24(29-33-3)22-7-5-6-12-27-22;/h5-8,12-13,17,20-21H,4,9-11,14-16,18H2,1-3H3,(H2,26,28);1H4/b29-24+;. The Morgan fingerprint density at radius 1 is 1.26 bits per heavy atom. The molecule has 3 heterocycles. The first-order valence-electron chi connectivity index (χ1n) is 11.7. The number of hydrogen-bond acceptors (Lipinski definition) is 7. The quantitative estimate of drug-likeness (QED) is 0.420. The highest BCUT2D eigenvalue weighted by atomic mass is 16.6. The minimum atomic E-state index is 0. The number of piperidine rings is 1. The first-order valence-corrected chi connectivity index (χ1v) is 11.7. The number of pyridine rings is 2. The van der Waals surface area contributed by atoms with Crippen LogP contribution in [0.4, 0.5) is 5.82 Å². The summed E-state index contributed by atoms with van der Waals surface area (Å²) in [6.45, 7) is 5.22. The number of oxime groups is 1. The van der Waals surface area contributed by atoms with Crippen molar-refractivity contribution in [3.8, 4) is 0 Å². The lowest BCUT2D eigenvalue weighted by atomic mass is 9.89.